The summed E-state index contributed by atoms with van der Waals surface area (Å²) in [6, 6.07) is -0.412. The van der Waals surface area contributed by atoms with Gasteiger partial charge < -0.3 is 10.1 Å². The zero-order chi connectivity index (χ0) is 12.0. The number of hydrogen-bond acceptors (Lipinski definition) is 3. The van der Waals surface area contributed by atoms with Crippen LogP contribution in [0.15, 0.2) is 0 Å². The molecule has 1 unspecified atom stereocenters. The molecule has 1 fully saturated rings. The highest BCUT2D eigenvalue weighted by Crippen LogP contribution is 2.25. The van der Waals surface area contributed by atoms with Crippen LogP contribution in [0.4, 0.5) is 13.2 Å². The molecule has 0 aromatic rings. The van der Waals surface area contributed by atoms with Crippen LogP contribution in [0.3, 0.4) is 0 Å². The summed E-state index contributed by atoms with van der Waals surface area (Å²) in [6.45, 7) is 3.11. The van der Waals surface area contributed by atoms with Crippen LogP contribution in [0.5, 0.6) is 0 Å². The van der Waals surface area contributed by atoms with E-state index in [0.29, 0.717) is 32.7 Å². The Morgan fingerprint density at radius 1 is 1.38 bits per heavy atom. The van der Waals surface area contributed by atoms with Crippen LogP contribution < -0.4 is 5.32 Å². The molecule has 0 aromatic carbocycles. The second-order valence-corrected chi connectivity index (χ2v) is 4.04. The number of hydrogen-bond donors (Lipinski definition) is 1. The van der Waals surface area contributed by atoms with Gasteiger partial charge in [-0.1, -0.05) is 0 Å². The van der Waals surface area contributed by atoms with Crippen LogP contribution in [0.2, 0.25) is 0 Å². The van der Waals surface area contributed by atoms with Crippen molar-refractivity contribution in [3.05, 3.63) is 0 Å². The first kappa shape index (κ1) is 13.7. The number of nitrogens with one attached hydrogen (secondary N) is 1. The minimum atomic E-state index is -4.08. The third-order valence-corrected chi connectivity index (χ3v) is 2.80. The number of rotatable bonds is 4. The highest BCUT2D eigenvalue weighted by atomic mass is 19.4. The molecule has 0 bridgehead atoms. The maximum Gasteiger partial charge on any atom is 0.390 e. The first-order chi connectivity index (χ1) is 7.53. The van der Waals surface area contributed by atoms with Gasteiger partial charge in [0.05, 0.1) is 13.0 Å². The van der Waals surface area contributed by atoms with E-state index < -0.39 is 18.6 Å². The first-order valence-electron chi connectivity index (χ1n) is 5.53. The number of halogens is 3. The number of alkyl halides is 3. The van der Waals surface area contributed by atoms with E-state index in [2.05, 4.69) is 5.32 Å². The third-order valence-electron chi connectivity index (χ3n) is 2.80. The molecule has 16 heavy (non-hydrogen) atoms. The van der Waals surface area contributed by atoms with Gasteiger partial charge in [0, 0.05) is 32.8 Å². The van der Waals surface area contributed by atoms with Crippen LogP contribution in [-0.2, 0) is 4.74 Å². The normalized spacial score (nSPS) is 24.4. The van der Waals surface area contributed by atoms with Crippen molar-refractivity contribution < 1.29 is 17.9 Å². The monoisotopic (exact) mass is 240 g/mol. The molecule has 0 amide bonds. The molecular formula is C10H19F3N2O. The predicted octanol–water partition coefficient (Wildman–Crippen LogP) is 1.25. The predicted molar refractivity (Wildman–Crippen MR) is 55.4 cm³/mol. The van der Waals surface area contributed by atoms with Crippen LogP contribution in [-0.4, -0.2) is 57.0 Å². The Morgan fingerprint density at radius 3 is 2.75 bits per heavy atom. The number of nitrogens with zero attached hydrogens (tertiary/aromatic N) is 1. The summed E-state index contributed by atoms with van der Waals surface area (Å²) < 4.78 is 42.1. The second kappa shape index (κ2) is 6.42. The molecule has 1 N–H and O–H groups in total. The van der Waals surface area contributed by atoms with Crippen molar-refractivity contribution in [1.82, 2.24) is 10.2 Å². The van der Waals surface area contributed by atoms with E-state index in [1.165, 1.54) is 0 Å². The van der Waals surface area contributed by atoms with E-state index >= 15 is 0 Å². The molecule has 6 heteroatoms. The van der Waals surface area contributed by atoms with Crippen molar-refractivity contribution in [1.29, 1.82) is 0 Å². The zero-order valence-electron chi connectivity index (χ0n) is 9.52. The van der Waals surface area contributed by atoms with Crippen LogP contribution in [0, 0.1) is 0 Å². The van der Waals surface area contributed by atoms with Crippen molar-refractivity contribution in [3.63, 3.8) is 0 Å². The Bertz CT molecular complexity index is 199. The smallest absolute Gasteiger partial charge is 0.383 e. The topological polar surface area (TPSA) is 24.5 Å². The average Bonchev–Trinajstić information content (AvgIpc) is 2.38. The summed E-state index contributed by atoms with van der Waals surface area (Å²) >= 11 is 0. The molecule has 1 aliphatic rings. The summed E-state index contributed by atoms with van der Waals surface area (Å²) in [7, 11) is 1.56. The van der Waals surface area contributed by atoms with Crippen molar-refractivity contribution in [2.75, 3.05) is 39.9 Å². The first-order valence-corrected chi connectivity index (χ1v) is 5.53. The Labute approximate surface area is 93.9 Å². The fourth-order valence-electron chi connectivity index (χ4n) is 1.98. The van der Waals surface area contributed by atoms with Gasteiger partial charge in [-0.2, -0.15) is 13.2 Å². The van der Waals surface area contributed by atoms with Gasteiger partial charge in [-0.05, 0) is 13.0 Å². The summed E-state index contributed by atoms with van der Waals surface area (Å²) in [5, 5.41) is 3.12. The van der Waals surface area contributed by atoms with E-state index in [0.717, 1.165) is 6.54 Å². The molecule has 1 atom stereocenters. The van der Waals surface area contributed by atoms with Gasteiger partial charge in [0.25, 0.3) is 0 Å². The summed E-state index contributed by atoms with van der Waals surface area (Å²) in [5.74, 6) is 0. The van der Waals surface area contributed by atoms with E-state index in [9.17, 15) is 13.2 Å². The Morgan fingerprint density at radius 2 is 2.12 bits per heavy atom. The Kier molecular flexibility index (Phi) is 5.51. The van der Waals surface area contributed by atoms with Crippen LogP contribution in [0.1, 0.15) is 12.8 Å². The van der Waals surface area contributed by atoms with E-state index in [4.69, 9.17) is 4.74 Å². The van der Waals surface area contributed by atoms with Crippen molar-refractivity contribution >= 4 is 0 Å². The molecule has 0 spiro atoms. The van der Waals surface area contributed by atoms with Crippen molar-refractivity contribution in [2.45, 2.75) is 25.1 Å². The zero-order valence-corrected chi connectivity index (χ0v) is 9.52. The summed E-state index contributed by atoms with van der Waals surface area (Å²) in [4.78, 5) is 1.87. The maximum atomic E-state index is 12.4. The summed E-state index contributed by atoms with van der Waals surface area (Å²) in [5.41, 5.74) is 0. The molecule has 0 aliphatic carbocycles. The summed E-state index contributed by atoms with van der Waals surface area (Å²) in [6.07, 6.45) is -4.26. The molecule has 1 heterocycles. The Hall–Kier alpha value is -0.330. The molecule has 0 saturated carbocycles. The van der Waals surface area contributed by atoms with Gasteiger partial charge in [0.2, 0.25) is 0 Å². The average molecular weight is 240 g/mol. The van der Waals surface area contributed by atoms with Gasteiger partial charge in [0.1, 0.15) is 0 Å². The number of ether oxygens (including phenoxy) is 1. The second-order valence-electron chi connectivity index (χ2n) is 4.04. The van der Waals surface area contributed by atoms with Crippen molar-refractivity contribution in [2.24, 2.45) is 0 Å². The molecule has 0 radical (unpaired) electrons. The van der Waals surface area contributed by atoms with E-state index in [1.54, 1.807) is 7.11 Å². The van der Waals surface area contributed by atoms with Crippen molar-refractivity contribution in [3.8, 4) is 0 Å². The quantitative estimate of drug-likeness (QED) is 0.800. The van der Waals surface area contributed by atoms with Gasteiger partial charge >= 0.3 is 6.18 Å². The van der Waals surface area contributed by atoms with Gasteiger partial charge in [0.15, 0.2) is 0 Å². The van der Waals surface area contributed by atoms with Gasteiger partial charge in [-0.25, -0.2) is 0 Å². The molecular weight excluding hydrogens is 221 g/mol. The fourth-order valence-corrected chi connectivity index (χ4v) is 1.98. The lowest BCUT2D eigenvalue weighted by atomic mass is 10.1. The maximum absolute atomic E-state index is 12.4. The lowest BCUT2D eigenvalue weighted by Gasteiger charge is -2.29. The molecule has 3 nitrogen and oxygen atoms in total. The molecule has 1 rings (SSSR count). The standard InChI is InChI=1S/C10H19F3N2O/c1-16-7-6-15-5-4-14-3-2-9(15)8-10(11,12)13/h9,14H,2-8H2,1H3. The third kappa shape index (κ3) is 5.14. The molecule has 1 saturated heterocycles. The van der Waals surface area contributed by atoms with Crippen LogP contribution in [0.25, 0.3) is 0 Å². The fraction of sp³-hybridized carbons (Fsp3) is 1.00. The largest absolute Gasteiger partial charge is 0.390 e. The SMILES string of the molecule is COCCN1CCNCCC1CC(F)(F)F. The lowest BCUT2D eigenvalue weighted by molar-refractivity contribution is -0.147. The Balaban J connectivity index is 2.51. The molecule has 1 aliphatic heterocycles. The van der Waals surface area contributed by atoms with E-state index in [-0.39, 0.29) is 0 Å². The van der Waals surface area contributed by atoms with Gasteiger partial charge in [-0.15, -0.1) is 0 Å². The minimum Gasteiger partial charge on any atom is -0.383 e. The lowest BCUT2D eigenvalue weighted by Crippen LogP contribution is -2.41. The number of methoxy groups -OCH3 is 1. The minimum absolute atomic E-state index is 0.412. The highest BCUT2D eigenvalue weighted by molar-refractivity contribution is 4.79. The van der Waals surface area contributed by atoms with Crippen LogP contribution >= 0.6 is 0 Å². The van der Waals surface area contributed by atoms with E-state index in [1.807, 2.05) is 4.90 Å². The highest BCUT2D eigenvalue weighted by Gasteiger charge is 2.34. The van der Waals surface area contributed by atoms with Gasteiger partial charge in [-0.3, -0.25) is 4.90 Å². The molecule has 96 valence electrons. The molecule has 0 aromatic heterocycles.